The van der Waals surface area contributed by atoms with Gasteiger partial charge in [0, 0.05) is 9.90 Å². The van der Waals surface area contributed by atoms with E-state index in [2.05, 4.69) is 0 Å². The molecular formula is C14H13Cl2NO6S. The van der Waals surface area contributed by atoms with E-state index in [1.54, 1.807) is 13.0 Å². The largest absolute Gasteiger partial charge is 0.462 e. The zero-order valence-electron chi connectivity index (χ0n) is 12.4. The average Bonchev–Trinajstić information content (AvgIpc) is 2.46. The Kier molecular flexibility index (Phi) is 7.77. The van der Waals surface area contributed by atoms with Crippen molar-refractivity contribution in [2.75, 3.05) is 6.61 Å². The Morgan fingerprint density at radius 1 is 1.17 bits per heavy atom. The predicted octanol–water partition coefficient (Wildman–Crippen LogP) is -2.85. The third-order valence-corrected chi connectivity index (χ3v) is 3.79. The summed E-state index contributed by atoms with van der Waals surface area (Å²) in [5.74, 6) is -0.390. The lowest BCUT2D eigenvalue weighted by molar-refractivity contribution is -2.00. The highest BCUT2D eigenvalue weighted by molar-refractivity contribution is 7.12. The topological polar surface area (TPSA) is 144 Å². The summed E-state index contributed by atoms with van der Waals surface area (Å²) in [5, 5.41) is 6.60. The Labute approximate surface area is 148 Å². The normalized spacial score (nSPS) is 10.6. The fraction of sp³-hybridized carbons (Fsp3) is 0.143. The molecule has 0 aliphatic heterocycles. The average molecular weight is 394 g/mol. The van der Waals surface area contributed by atoms with Crippen LogP contribution in [0.5, 0.6) is 0 Å². The number of rotatable bonds is 3. The number of hydrogen-bond acceptors (Lipinski definition) is 7. The maximum atomic E-state index is 11.6. The molecule has 10 heteroatoms. The molecular weight excluding hydrogens is 381 g/mol. The fourth-order valence-corrected chi connectivity index (χ4v) is 2.61. The molecule has 1 aromatic heterocycles. The first-order valence-electron chi connectivity index (χ1n) is 6.39. The number of nitrogens with two attached hydrogens (primary N) is 1. The smallest absolute Gasteiger partial charge is 0.345 e. The SMILES string of the molecule is CCOC(=O)c1ccc(-c2ccc(Cl)cc2)sc1=[NH2+].[O-][Cl+3]([O-])([O-])[O-]. The molecule has 0 saturated heterocycles. The van der Waals surface area contributed by atoms with E-state index >= 15 is 0 Å². The van der Waals surface area contributed by atoms with E-state index in [1.165, 1.54) is 11.3 Å². The number of hydrogen-bond donors (Lipinski definition) is 1. The molecule has 0 aliphatic rings. The molecule has 1 aromatic carbocycles. The first kappa shape index (κ1) is 20.5. The quantitative estimate of drug-likeness (QED) is 0.555. The summed E-state index contributed by atoms with van der Waals surface area (Å²) < 4.78 is 39.4. The molecule has 2 aromatic rings. The number of carbonyl (C=O) groups excluding carboxylic acids is 1. The van der Waals surface area contributed by atoms with Gasteiger partial charge in [-0.05, 0) is 36.8 Å². The summed E-state index contributed by atoms with van der Waals surface area (Å²) >= 11 is 7.20. The molecule has 0 unspecified atom stereocenters. The van der Waals surface area contributed by atoms with Crippen molar-refractivity contribution in [2.45, 2.75) is 6.92 Å². The first-order valence-corrected chi connectivity index (χ1v) is 8.82. The lowest BCUT2D eigenvalue weighted by Crippen LogP contribution is -2.68. The predicted molar refractivity (Wildman–Crippen MR) is 75.8 cm³/mol. The van der Waals surface area contributed by atoms with E-state index in [0.717, 1.165) is 10.4 Å². The molecule has 0 saturated carbocycles. The van der Waals surface area contributed by atoms with E-state index < -0.39 is 10.2 Å². The van der Waals surface area contributed by atoms with Crippen molar-refractivity contribution in [2.24, 2.45) is 0 Å². The van der Waals surface area contributed by atoms with Gasteiger partial charge in [0.2, 0.25) is 0 Å². The molecule has 2 N–H and O–H groups in total. The summed E-state index contributed by atoms with van der Waals surface area (Å²) in [7, 11) is -4.94. The first-order chi connectivity index (χ1) is 11.1. The van der Waals surface area contributed by atoms with Crippen LogP contribution >= 0.6 is 22.9 Å². The molecule has 0 bridgehead atoms. The van der Waals surface area contributed by atoms with Gasteiger partial charge in [-0.2, -0.15) is 0 Å². The van der Waals surface area contributed by atoms with Crippen LogP contribution in [0.25, 0.3) is 10.4 Å². The van der Waals surface area contributed by atoms with Gasteiger partial charge in [0.15, 0.2) is 0 Å². The Morgan fingerprint density at radius 3 is 2.17 bits per heavy atom. The minimum atomic E-state index is -4.94. The lowest BCUT2D eigenvalue weighted by atomic mass is 10.2. The standard InChI is InChI=1S/C14H12ClNO2S.ClHO4/c1-2-18-14(17)11-7-8-12(19-13(11)16)9-3-5-10(15)6-4-9;2-1(3,4)5/h3-8,16H,2H2,1H3;(H,2,3,4,5). The van der Waals surface area contributed by atoms with Crippen LogP contribution in [0.1, 0.15) is 17.3 Å². The van der Waals surface area contributed by atoms with Gasteiger partial charge in [-0.3, -0.25) is 0 Å². The number of esters is 1. The Balaban J connectivity index is 0.000000505. The summed E-state index contributed by atoms with van der Waals surface area (Å²) in [6.45, 7) is 2.10. The monoisotopic (exact) mass is 393 g/mol. The summed E-state index contributed by atoms with van der Waals surface area (Å²) in [4.78, 5) is 12.6. The van der Waals surface area contributed by atoms with Gasteiger partial charge in [0.25, 0.3) is 4.67 Å². The zero-order chi connectivity index (χ0) is 18.3. The molecule has 0 aliphatic carbocycles. The van der Waals surface area contributed by atoms with Gasteiger partial charge in [-0.1, -0.05) is 35.1 Å². The second-order valence-electron chi connectivity index (χ2n) is 4.18. The molecule has 1 heterocycles. The van der Waals surface area contributed by atoms with Crippen molar-refractivity contribution in [3.8, 4) is 10.4 Å². The van der Waals surface area contributed by atoms with Crippen LogP contribution in [0.3, 0.4) is 0 Å². The molecule has 0 fully saturated rings. The van der Waals surface area contributed by atoms with Crippen LogP contribution < -0.4 is 28.7 Å². The van der Waals surface area contributed by atoms with Crippen LogP contribution in [0, 0.1) is 10.2 Å². The second kappa shape index (κ2) is 9.09. The van der Waals surface area contributed by atoms with Gasteiger partial charge in [-0.25, -0.2) is 28.8 Å². The molecule has 130 valence electrons. The van der Waals surface area contributed by atoms with Crippen molar-refractivity contribution in [3.63, 3.8) is 0 Å². The summed E-state index contributed by atoms with van der Waals surface area (Å²) in [6, 6.07) is 11.0. The second-order valence-corrected chi connectivity index (χ2v) is 6.46. The molecule has 0 radical (unpaired) electrons. The van der Waals surface area contributed by atoms with E-state index in [-0.39, 0.29) is 5.97 Å². The zero-order valence-corrected chi connectivity index (χ0v) is 14.7. The van der Waals surface area contributed by atoms with Gasteiger partial charge >= 0.3 is 5.97 Å². The Morgan fingerprint density at radius 2 is 1.71 bits per heavy atom. The van der Waals surface area contributed by atoms with Crippen LogP contribution in [0.15, 0.2) is 36.4 Å². The molecule has 2 rings (SSSR count). The highest BCUT2D eigenvalue weighted by atomic mass is 35.7. The van der Waals surface area contributed by atoms with E-state index in [4.69, 9.17) is 40.4 Å². The Hall–Kier alpha value is -1.52. The van der Waals surface area contributed by atoms with Gasteiger partial charge < -0.3 is 4.74 Å². The van der Waals surface area contributed by atoms with Crippen LogP contribution in [0.4, 0.5) is 0 Å². The summed E-state index contributed by atoms with van der Waals surface area (Å²) in [5.41, 5.74) is 1.42. The minimum absolute atomic E-state index is 0.335. The highest BCUT2D eigenvalue weighted by Crippen LogP contribution is 2.23. The fourth-order valence-electron chi connectivity index (χ4n) is 1.60. The van der Waals surface area contributed by atoms with Crippen LogP contribution in [-0.2, 0) is 4.74 Å². The molecule has 0 atom stereocenters. The van der Waals surface area contributed by atoms with Crippen molar-refractivity contribution in [1.29, 1.82) is 0 Å². The number of benzene rings is 1. The van der Waals surface area contributed by atoms with E-state index in [9.17, 15) is 4.79 Å². The van der Waals surface area contributed by atoms with E-state index in [0.29, 0.717) is 21.9 Å². The third-order valence-electron chi connectivity index (χ3n) is 2.51. The lowest BCUT2D eigenvalue weighted by Gasteiger charge is -2.17. The van der Waals surface area contributed by atoms with Gasteiger partial charge in [0.05, 0.1) is 6.61 Å². The van der Waals surface area contributed by atoms with Gasteiger partial charge in [-0.15, -0.1) is 10.2 Å². The molecule has 0 amide bonds. The molecule has 7 nitrogen and oxygen atoms in total. The van der Waals surface area contributed by atoms with Crippen molar-refractivity contribution < 1.29 is 43.8 Å². The van der Waals surface area contributed by atoms with Crippen molar-refractivity contribution >= 4 is 28.9 Å². The maximum absolute atomic E-state index is 11.6. The van der Waals surface area contributed by atoms with Crippen molar-refractivity contribution in [3.05, 3.63) is 51.7 Å². The molecule has 24 heavy (non-hydrogen) atoms. The van der Waals surface area contributed by atoms with Gasteiger partial charge in [0.1, 0.15) is 5.56 Å². The third kappa shape index (κ3) is 7.37. The highest BCUT2D eigenvalue weighted by Gasteiger charge is 2.13. The molecule has 0 spiro atoms. The summed E-state index contributed by atoms with van der Waals surface area (Å²) in [6.07, 6.45) is 0. The van der Waals surface area contributed by atoms with Crippen LogP contribution in [-0.4, -0.2) is 12.6 Å². The maximum Gasteiger partial charge on any atom is 0.345 e. The van der Waals surface area contributed by atoms with E-state index in [1.807, 2.05) is 30.3 Å². The minimum Gasteiger partial charge on any atom is -0.462 e. The van der Waals surface area contributed by atoms with Crippen molar-refractivity contribution in [1.82, 2.24) is 0 Å². The van der Waals surface area contributed by atoms with Crippen LogP contribution in [0.2, 0.25) is 5.02 Å². The number of halogens is 2. The Bertz CT molecular complexity index is 736. The number of carbonyl (C=O) groups is 1. The number of ether oxygens (including phenoxy) is 1.